The minimum absolute atomic E-state index is 0.0966. The van der Waals surface area contributed by atoms with Crippen LogP contribution in [0.2, 0.25) is 0 Å². The predicted octanol–water partition coefficient (Wildman–Crippen LogP) is 3.29. The monoisotopic (exact) mass is 291 g/mol. The van der Waals surface area contributed by atoms with Gasteiger partial charge in [-0.25, -0.2) is 0 Å². The van der Waals surface area contributed by atoms with Gasteiger partial charge in [0.2, 0.25) is 0 Å². The molecular formula is C14H24F3N3. The molecule has 0 aliphatic heterocycles. The van der Waals surface area contributed by atoms with Crippen molar-refractivity contribution in [3.8, 4) is 0 Å². The van der Waals surface area contributed by atoms with Gasteiger partial charge in [0.1, 0.15) is 0 Å². The normalized spacial score (nSPS) is 13.8. The fourth-order valence-electron chi connectivity index (χ4n) is 2.47. The molecule has 3 nitrogen and oxygen atoms in total. The number of aromatic nitrogens is 2. The molecule has 1 atom stereocenters. The maximum Gasteiger partial charge on any atom is 0.389 e. The molecule has 20 heavy (non-hydrogen) atoms. The maximum atomic E-state index is 12.3. The summed E-state index contributed by atoms with van der Waals surface area (Å²) in [5, 5.41) is 7.48. The van der Waals surface area contributed by atoms with E-state index < -0.39 is 12.6 Å². The molecule has 0 fully saturated rings. The van der Waals surface area contributed by atoms with E-state index in [9.17, 15) is 13.2 Å². The summed E-state index contributed by atoms with van der Waals surface area (Å²) in [7, 11) is 1.89. The highest BCUT2D eigenvalue weighted by atomic mass is 19.4. The van der Waals surface area contributed by atoms with Gasteiger partial charge in [-0.1, -0.05) is 6.92 Å². The van der Waals surface area contributed by atoms with Gasteiger partial charge in [-0.05, 0) is 45.2 Å². The summed E-state index contributed by atoms with van der Waals surface area (Å²) >= 11 is 0. The molecule has 0 aliphatic carbocycles. The molecule has 1 heterocycles. The lowest BCUT2D eigenvalue weighted by atomic mass is 10.0. The molecule has 0 spiro atoms. The Hall–Kier alpha value is -1.04. The van der Waals surface area contributed by atoms with Crippen LogP contribution in [0.4, 0.5) is 13.2 Å². The second kappa shape index (κ2) is 7.11. The molecule has 1 aromatic heterocycles. The first-order chi connectivity index (χ1) is 9.24. The largest absolute Gasteiger partial charge is 0.389 e. The summed E-state index contributed by atoms with van der Waals surface area (Å²) in [5.74, 6) is 0. The van der Waals surface area contributed by atoms with Gasteiger partial charge in [0, 0.05) is 25.2 Å². The molecule has 0 aromatic carbocycles. The molecule has 0 saturated carbocycles. The molecule has 1 N–H and O–H groups in total. The van der Waals surface area contributed by atoms with Crippen molar-refractivity contribution >= 4 is 0 Å². The lowest BCUT2D eigenvalue weighted by molar-refractivity contribution is -0.136. The van der Waals surface area contributed by atoms with Gasteiger partial charge < -0.3 is 5.32 Å². The SMILES string of the molecule is CCNC(CCc1c(C)nn(C)c1C)CCC(F)(F)F. The number of hydrogen-bond acceptors (Lipinski definition) is 2. The van der Waals surface area contributed by atoms with Crippen LogP contribution in [0.3, 0.4) is 0 Å². The van der Waals surface area contributed by atoms with Gasteiger partial charge in [0.25, 0.3) is 0 Å². The molecule has 1 rings (SSSR count). The van der Waals surface area contributed by atoms with E-state index in [0.717, 1.165) is 23.4 Å². The molecule has 0 amide bonds. The van der Waals surface area contributed by atoms with Crippen LogP contribution in [0.25, 0.3) is 0 Å². The Balaban J connectivity index is 2.58. The number of nitrogens with one attached hydrogen (secondary N) is 1. The van der Waals surface area contributed by atoms with Crippen molar-refractivity contribution in [2.45, 2.75) is 58.7 Å². The van der Waals surface area contributed by atoms with Gasteiger partial charge in [0.15, 0.2) is 0 Å². The van der Waals surface area contributed by atoms with Crippen LogP contribution in [0.1, 0.15) is 43.1 Å². The summed E-state index contributed by atoms with van der Waals surface area (Å²) in [6, 6.07) is -0.0966. The summed E-state index contributed by atoms with van der Waals surface area (Å²) in [6.45, 7) is 6.54. The van der Waals surface area contributed by atoms with Crippen LogP contribution >= 0.6 is 0 Å². The molecule has 0 bridgehead atoms. The van der Waals surface area contributed by atoms with Gasteiger partial charge >= 0.3 is 6.18 Å². The van der Waals surface area contributed by atoms with Gasteiger partial charge in [-0.3, -0.25) is 4.68 Å². The van der Waals surface area contributed by atoms with Crippen molar-refractivity contribution in [1.82, 2.24) is 15.1 Å². The second-order valence-corrected chi connectivity index (χ2v) is 5.22. The van der Waals surface area contributed by atoms with E-state index in [-0.39, 0.29) is 12.5 Å². The Kier molecular flexibility index (Phi) is 6.05. The number of hydrogen-bond donors (Lipinski definition) is 1. The van der Waals surface area contributed by atoms with E-state index >= 15 is 0 Å². The van der Waals surface area contributed by atoms with E-state index in [1.165, 1.54) is 0 Å². The first kappa shape index (κ1) is 17.0. The van der Waals surface area contributed by atoms with Crippen LogP contribution in [0.15, 0.2) is 0 Å². The fraction of sp³-hybridized carbons (Fsp3) is 0.786. The number of rotatable bonds is 7. The molecule has 0 radical (unpaired) electrons. The van der Waals surface area contributed by atoms with Crippen LogP contribution in [-0.2, 0) is 13.5 Å². The number of alkyl halides is 3. The molecule has 1 unspecified atom stereocenters. The van der Waals surface area contributed by atoms with E-state index in [1.54, 1.807) is 0 Å². The van der Waals surface area contributed by atoms with Gasteiger partial charge in [0.05, 0.1) is 5.69 Å². The first-order valence-electron chi connectivity index (χ1n) is 7.03. The topological polar surface area (TPSA) is 29.9 Å². The van der Waals surface area contributed by atoms with Crippen molar-refractivity contribution in [2.24, 2.45) is 7.05 Å². The number of aryl methyl sites for hydroxylation is 2. The zero-order chi connectivity index (χ0) is 15.3. The zero-order valence-electron chi connectivity index (χ0n) is 12.6. The van der Waals surface area contributed by atoms with Crippen molar-refractivity contribution in [1.29, 1.82) is 0 Å². The van der Waals surface area contributed by atoms with Crippen molar-refractivity contribution in [2.75, 3.05) is 6.54 Å². The van der Waals surface area contributed by atoms with E-state index in [1.807, 2.05) is 32.5 Å². The third kappa shape index (κ3) is 5.15. The Labute approximate surface area is 118 Å². The Morgan fingerprint density at radius 2 is 1.90 bits per heavy atom. The van der Waals surface area contributed by atoms with E-state index in [0.29, 0.717) is 13.0 Å². The standard InChI is InChI=1S/C14H24F3N3/c1-5-18-12(8-9-14(15,16)17)6-7-13-10(2)19-20(4)11(13)3/h12,18H,5-9H2,1-4H3. The van der Waals surface area contributed by atoms with Crippen LogP contribution in [0.5, 0.6) is 0 Å². The van der Waals surface area contributed by atoms with Crippen LogP contribution in [-0.4, -0.2) is 28.5 Å². The van der Waals surface area contributed by atoms with Crippen molar-refractivity contribution < 1.29 is 13.2 Å². The molecule has 0 aliphatic rings. The summed E-state index contributed by atoms with van der Waals surface area (Å²) in [4.78, 5) is 0. The Morgan fingerprint density at radius 3 is 2.35 bits per heavy atom. The molecule has 1 aromatic rings. The lowest BCUT2D eigenvalue weighted by Crippen LogP contribution is -2.31. The minimum atomic E-state index is -4.08. The molecule has 116 valence electrons. The number of nitrogens with zero attached hydrogens (tertiary/aromatic N) is 2. The predicted molar refractivity (Wildman–Crippen MR) is 73.8 cm³/mol. The maximum absolute atomic E-state index is 12.3. The van der Waals surface area contributed by atoms with E-state index in [4.69, 9.17) is 0 Å². The van der Waals surface area contributed by atoms with Crippen molar-refractivity contribution in [3.05, 3.63) is 17.0 Å². The van der Waals surface area contributed by atoms with Gasteiger partial charge in [-0.2, -0.15) is 18.3 Å². The molecular weight excluding hydrogens is 267 g/mol. The zero-order valence-corrected chi connectivity index (χ0v) is 12.6. The highest BCUT2D eigenvalue weighted by Gasteiger charge is 2.28. The van der Waals surface area contributed by atoms with Crippen LogP contribution < -0.4 is 5.32 Å². The molecule has 0 saturated heterocycles. The summed E-state index contributed by atoms with van der Waals surface area (Å²) < 4.78 is 38.8. The average molecular weight is 291 g/mol. The Morgan fingerprint density at radius 1 is 1.25 bits per heavy atom. The first-order valence-corrected chi connectivity index (χ1v) is 7.03. The fourth-order valence-corrected chi connectivity index (χ4v) is 2.47. The third-order valence-corrected chi connectivity index (χ3v) is 3.67. The third-order valence-electron chi connectivity index (χ3n) is 3.67. The lowest BCUT2D eigenvalue weighted by Gasteiger charge is -2.18. The number of halogens is 3. The highest BCUT2D eigenvalue weighted by molar-refractivity contribution is 5.24. The van der Waals surface area contributed by atoms with Crippen LogP contribution in [0, 0.1) is 13.8 Å². The summed E-state index contributed by atoms with van der Waals surface area (Å²) in [5.41, 5.74) is 3.21. The average Bonchev–Trinajstić information content (AvgIpc) is 2.57. The Bertz CT molecular complexity index is 424. The minimum Gasteiger partial charge on any atom is -0.314 e. The molecule has 6 heteroatoms. The second-order valence-electron chi connectivity index (χ2n) is 5.22. The highest BCUT2D eigenvalue weighted by Crippen LogP contribution is 2.24. The van der Waals surface area contributed by atoms with Crippen molar-refractivity contribution in [3.63, 3.8) is 0 Å². The smallest absolute Gasteiger partial charge is 0.314 e. The van der Waals surface area contributed by atoms with Gasteiger partial charge in [-0.15, -0.1) is 0 Å². The van der Waals surface area contributed by atoms with E-state index in [2.05, 4.69) is 10.4 Å². The quantitative estimate of drug-likeness (QED) is 0.835. The summed E-state index contributed by atoms with van der Waals surface area (Å²) in [6.07, 6.45) is -3.20.